The smallest absolute Gasteiger partial charge is 0.194 e. The third-order valence-electron chi connectivity index (χ3n) is 3.97. The lowest BCUT2D eigenvalue weighted by atomic mass is 10.2. The summed E-state index contributed by atoms with van der Waals surface area (Å²) in [5.41, 5.74) is 1.26. The Labute approximate surface area is 151 Å². The number of hydrogen-bond acceptors (Lipinski definition) is 2. The molecule has 0 atom stereocenters. The third-order valence-corrected chi connectivity index (χ3v) is 3.97. The second-order valence-electron chi connectivity index (χ2n) is 5.98. The van der Waals surface area contributed by atoms with Crippen LogP contribution in [0.5, 0.6) is 0 Å². The molecule has 1 N–H and O–H groups in total. The van der Waals surface area contributed by atoms with E-state index in [1.165, 1.54) is 5.56 Å². The number of aromatic nitrogens is 2. The Morgan fingerprint density at radius 3 is 2.88 bits per heavy atom. The van der Waals surface area contributed by atoms with E-state index in [2.05, 4.69) is 64.6 Å². The molecule has 0 aliphatic carbocycles. The van der Waals surface area contributed by atoms with Crippen LogP contribution in [0, 0.1) is 0 Å². The molecule has 0 aliphatic heterocycles. The fourth-order valence-corrected chi connectivity index (χ4v) is 2.61. The van der Waals surface area contributed by atoms with Crippen molar-refractivity contribution in [2.75, 3.05) is 20.1 Å². The lowest BCUT2D eigenvalue weighted by Gasteiger charge is -2.21. The molecule has 2 aromatic rings. The predicted octanol–water partition coefficient (Wildman–Crippen LogP) is 3.29. The Balaban J connectivity index is 2.02. The van der Waals surface area contributed by atoms with Crippen LogP contribution in [-0.2, 0) is 13.1 Å². The first-order valence-corrected chi connectivity index (χ1v) is 8.89. The van der Waals surface area contributed by atoms with Crippen molar-refractivity contribution in [1.82, 2.24) is 19.8 Å². The molecule has 0 radical (unpaired) electrons. The molecule has 134 valence electrons. The van der Waals surface area contributed by atoms with Gasteiger partial charge in [0.2, 0.25) is 0 Å². The molecule has 5 heteroatoms. The van der Waals surface area contributed by atoms with Crippen molar-refractivity contribution in [3.8, 4) is 0 Å². The maximum absolute atomic E-state index is 4.76. The van der Waals surface area contributed by atoms with Gasteiger partial charge in [0.25, 0.3) is 0 Å². The quantitative estimate of drug-likeness (QED) is 0.330. The van der Waals surface area contributed by atoms with E-state index in [-0.39, 0.29) is 0 Å². The van der Waals surface area contributed by atoms with E-state index in [1.54, 1.807) is 0 Å². The van der Waals surface area contributed by atoms with Crippen molar-refractivity contribution in [2.24, 2.45) is 4.99 Å². The molecule has 0 unspecified atom stereocenters. The van der Waals surface area contributed by atoms with Crippen molar-refractivity contribution in [1.29, 1.82) is 0 Å². The summed E-state index contributed by atoms with van der Waals surface area (Å²) in [5, 5.41) is 3.35. The van der Waals surface area contributed by atoms with Gasteiger partial charge in [-0.1, -0.05) is 36.4 Å². The van der Waals surface area contributed by atoms with Gasteiger partial charge in [-0.2, -0.15) is 0 Å². The maximum atomic E-state index is 4.76. The topological polar surface area (TPSA) is 45.5 Å². The Morgan fingerprint density at radius 2 is 2.16 bits per heavy atom. The molecule has 0 aliphatic rings. The van der Waals surface area contributed by atoms with Crippen LogP contribution >= 0.6 is 0 Å². The van der Waals surface area contributed by atoms with Crippen LogP contribution in [0.15, 0.2) is 60.4 Å². The monoisotopic (exact) mass is 339 g/mol. The molecule has 2 rings (SSSR count). The van der Waals surface area contributed by atoms with Crippen LogP contribution in [0.2, 0.25) is 0 Å². The highest BCUT2D eigenvalue weighted by atomic mass is 15.3. The van der Waals surface area contributed by atoms with E-state index < -0.39 is 0 Å². The molecule has 0 spiro atoms. The molecular formula is C20H29N5. The van der Waals surface area contributed by atoms with Crippen LogP contribution in [-0.4, -0.2) is 40.5 Å². The number of guanidine groups is 1. The summed E-state index contributed by atoms with van der Waals surface area (Å²) in [5.74, 6) is 1.89. The minimum absolute atomic E-state index is 0.563. The highest BCUT2D eigenvalue weighted by Gasteiger charge is 2.07. The van der Waals surface area contributed by atoms with Gasteiger partial charge in [-0.15, -0.1) is 6.58 Å². The van der Waals surface area contributed by atoms with Crippen molar-refractivity contribution >= 4 is 5.96 Å². The first-order chi connectivity index (χ1) is 12.2. The van der Waals surface area contributed by atoms with Gasteiger partial charge in [0.05, 0.1) is 0 Å². The minimum atomic E-state index is 0.563. The number of aliphatic imine (C=N–C) groups is 1. The highest BCUT2D eigenvalue weighted by molar-refractivity contribution is 5.79. The average Bonchev–Trinajstić information content (AvgIpc) is 3.06. The van der Waals surface area contributed by atoms with E-state index in [0.29, 0.717) is 6.54 Å². The van der Waals surface area contributed by atoms with Gasteiger partial charge in [0, 0.05) is 39.1 Å². The lowest BCUT2D eigenvalue weighted by molar-refractivity contribution is 0.469. The van der Waals surface area contributed by atoms with Gasteiger partial charge in [0.15, 0.2) is 5.96 Å². The second-order valence-corrected chi connectivity index (χ2v) is 5.98. The molecule has 0 fully saturated rings. The van der Waals surface area contributed by atoms with Crippen LogP contribution in [0.3, 0.4) is 0 Å². The van der Waals surface area contributed by atoms with Crippen molar-refractivity contribution in [3.05, 3.63) is 66.8 Å². The molecule has 0 amide bonds. The first kappa shape index (κ1) is 18.8. The molecule has 1 heterocycles. The summed E-state index contributed by atoms with van der Waals surface area (Å²) in [7, 11) is 2.07. The number of nitrogens with one attached hydrogen (secondary N) is 1. The zero-order valence-corrected chi connectivity index (χ0v) is 15.4. The minimum Gasteiger partial charge on any atom is -0.357 e. The summed E-state index contributed by atoms with van der Waals surface area (Å²) in [4.78, 5) is 11.4. The largest absolute Gasteiger partial charge is 0.357 e. The zero-order valence-electron chi connectivity index (χ0n) is 15.4. The Kier molecular flexibility index (Phi) is 7.76. The van der Waals surface area contributed by atoms with Gasteiger partial charge in [-0.25, -0.2) is 9.98 Å². The van der Waals surface area contributed by atoms with Gasteiger partial charge in [0.1, 0.15) is 12.4 Å². The number of nitrogens with zero attached hydrogens (tertiary/aromatic N) is 4. The van der Waals surface area contributed by atoms with Crippen molar-refractivity contribution in [2.45, 2.75) is 32.9 Å². The van der Waals surface area contributed by atoms with Crippen LogP contribution in [0.25, 0.3) is 0 Å². The summed E-state index contributed by atoms with van der Waals surface area (Å²) in [6.07, 6.45) is 7.91. The van der Waals surface area contributed by atoms with Crippen LogP contribution in [0.4, 0.5) is 0 Å². The van der Waals surface area contributed by atoms with E-state index in [4.69, 9.17) is 4.99 Å². The highest BCUT2D eigenvalue weighted by Crippen LogP contribution is 2.07. The predicted molar refractivity (Wildman–Crippen MR) is 105 cm³/mol. The zero-order chi connectivity index (χ0) is 17.9. The molecule has 0 saturated carbocycles. The second kappa shape index (κ2) is 10.3. The summed E-state index contributed by atoms with van der Waals surface area (Å²) >= 11 is 0. The average molecular weight is 339 g/mol. The summed E-state index contributed by atoms with van der Waals surface area (Å²) in [6, 6.07) is 10.4. The standard InChI is InChI=1S/C20H29N5/c1-4-6-10-14-24(3)20(21-5-2)23-16-19-22-13-15-25(19)17-18-11-8-7-9-12-18/h4,7-9,11-13,15H,1,5-6,10,14,16-17H2,2-3H3,(H,21,23). The lowest BCUT2D eigenvalue weighted by Crippen LogP contribution is -2.39. The number of imidazole rings is 1. The Morgan fingerprint density at radius 1 is 1.36 bits per heavy atom. The van der Waals surface area contributed by atoms with Gasteiger partial charge >= 0.3 is 0 Å². The van der Waals surface area contributed by atoms with E-state index in [9.17, 15) is 0 Å². The van der Waals surface area contributed by atoms with Gasteiger partial charge in [-0.3, -0.25) is 0 Å². The van der Waals surface area contributed by atoms with Crippen LogP contribution in [0.1, 0.15) is 31.2 Å². The fourth-order valence-electron chi connectivity index (χ4n) is 2.61. The number of allylic oxidation sites excluding steroid dienone is 1. The SMILES string of the molecule is C=CCCCN(C)C(=NCc1nccn1Cc1ccccc1)NCC. The van der Waals surface area contributed by atoms with Crippen molar-refractivity contribution in [3.63, 3.8) is 0 Å². The van der Waals surface area contributed by atoms with E-state index >= 15 is 0 Å². The van der Waals surface area contributed by atoms with E-state index in [0.717, 1.165) is 44.3 Å². The number of rotatable bonds is 9. The molecule has 1 aromatic heterocycles. The molecule has 0 saturated heterocycles. The van der Waals surface area contributed by atoms with E-state index in [1.807, 2.05) is 24.5 Å². The molecule has 25 heavy (non-hydrogen) atoms. The number of unbranched alkanes of at least 4 members (excludes halogenated alkanes) is 1. The molecular weight excluding hydrogens is 310 g/mol. The molecule has 5 nitrogen and oxygen atoms in total. The maximum Gasteiger partial charge on any atom is 0.194 e. The number of benzene rings is 1. The third kappa shape index (κ3) is 6.10. The Hall–Kier alpha value is -2.56. The van der Waals surface area contributed by atoms with Gasteiger partial charge in [-0.05, 0) is 25.3 Å². The summed E-state index contributed by atoms with van der Waals surface area (Å²) < 4.78 is 2.15. The van der Waals surface area contributed by atoms with Crippen LogP contribution < -0.4 is 5.32 Å². The first-order valence-electron chi connectivity index (χ1n) is 8.89. The normalized spacial score (nSPS) is 11.4. The fraction of sp³-hybridized carbons (Fsp3) is 0.400. The van der Waals surface area contributed by atoms with Crippen molar-refractivity contribution < 1.29 is 0 Å². The van der Waals surface area contributed by atoms with Gasteiger partial charge < -0.3 is 14.8 Å². The molecule has 1 aromatic carbocycles. The summed E-state index contributed by atoms with van der Waals surface area (Å²) in [6.45, 7) is 9.05. The number of hydrogen-bond donors (Lipinski definition) is 1. The molecule has 0 bridgehead atoms. The Bertz CT molecular complexity index is 660.